The van der Waals surface area contributed by atoms with E-state index in [0.29, 0.717) is 5.56 Å². The summed E-state index contributed by atoms with van der Waals surface area (Å²) in [7, 11) is 0. The van der Waals surface area contributed by atoms with Crippen molar-refractivity contribution in [2.24, 2.45) is 0 Å². The molecule has 116 valence electrons. The first kappa shape index (κ1) is 15.0. The Hall–Kier alpha value is -2.96. The van der Waals surface area contributed by atoms with E-state index in [0.717, 1.165) is 6.07 Å². The smallest absolute Gasteiger partial charge is 0.306 e. The van der Waals surface area contributed by atoms with Crippen LogP contribution in [0.25, 0.3) is 22.6 Å². The molecule has 1 N–H and O–H groups in total. The van der Waals surface area contributed by atoms with Gasteiger partial charge in [0.1, 0.15) is 5.82 Å². The topological polar surface area (TPSA) is 58.6 Å². The van der Waals surface area contributed by atoms with Crippen LogP contribution in [-0.2, 0) is 6.18 Å². The molecule has 1 aromatic carbocycles. The summed E-state index contributed by atoms with van der Waals surface area (Å²) in [6.07, 6.45) is -1.51. The van der Waals surface area contributed by atoms with Crippen LogP contribution in [0.4, 0.5) is 13.2 Å². The molecule has 23 heavy (non-hydrogen) atoms. The van der Waals surface area contributed by atoms with Gasteiger partial charge in [-0.3, -0.25) is 9.78 Å². The number of aromatic nitrogens is 3. The molecule has 0 spiro atoms. The van der Waals surface area contributed by atoms with Gasteiger partial charge in [-0.15, -0.1) is 0 Å². The van der Waals surface area contributed by atoms with Gasteiger partial charge in [-0.25, -0.2) is 4.98 Å². The van der Waals surface area contributed by atoms with Crippen molar-refractivity contribution in [3.63, 3.8) is 0 Å². The highest BCUT2D eigenvalue weighted by atomic mass is 19.4. The van der Waals surface area contributed by atoms with E-state index in [1.807, 2.05) is 0 Å². The fraction of sp³-hybridized carbons (Fsp3) is 0.0625. The number of hydrogen-bond donors (Lipinski definition) is 1. The van der Waals surface area contributed by atoms with Crippen LogP contribution in [0.1, 0.15) is 5.56 Å². The van der Waals surface area contributed by atoms with E-state index in [4.69, 9.17) is 0 Å². The Morgan fingerprint density at radius 2 is 1.70 bits per heavy atom. The summed E-state index contributed by atoms with van der Waals surface area (Å²) in [5.41, 5.74) is -0.679. The first-order chi connectivity index (χ1) is 10.9. The highest BCUT2D eigenvalue weighted by molar-refractivity contribution is 5.65. The number of halogens is 3. The number of nitrogens with zero attached hydrogens (tertiary/aromatic N) is 2. The molecule has 0 saturated carbocycles. The molecule has 0 saturated heterocycles. The number of benzene rings is 1. The first-order valence-corrected chi connectivity index (χ1v) is 6.63. The minimum atomic E-state index is -4.54. The number of hydrogen-bond acceptors (Lipinski definition) is 3. The molecule has 3 rings (SSSR count). The van der Waals surface area contributed by atoms with Gasteiger partial charge in [0, 0.05) is 29.6 Å². The molecule has 0 bridgehead atoms. The van der Waals surface area contributed by atoms with Gasteiger partial charge >= 0.3 is 6.18 Å². The summed E-state index contributed by atoms with van der Waals surface area (Å²) in [4.78, 5) is 22.2. The van der Waals surface area contributed by atoms with Gasteiger partial charge in [0.25, 0.3) is 5.56 Å². The third kappa shape index (κ3) is 3.13. The lowest BCUT2D eigenvalue weighted by Crippen LogP contribution is -2.12. The SMILES string of the molecule is O=c1cc(-c2ccncc2)nc(-c2ccccc2C(F)(F)F)[nH]1. The first-order valence-electron chi connectivity index (χ1n) is 6.63. The van der Waals surface area contributed by atoms with Gasteiger partial charge in [0.15, 0.2) is 0 Å². The van der Waals surface area contributed by atoms with Gasteiger partial charge < -0.3 is 4.98 Å². The Kier molecular flexibility index (Phi) is 3.69. The molecule has 0 radical (unpaired) electrons. The van der Waals surface area contributed by atoms with E-state index < -0.39 is 17.3 Å². The molecule has 0 unspecified atom stereocenters. The monoisotopic (exact) mass is 317 g/mol. The number of nitrogens with one attached hydrogen (secondary N) is 1. The Morgan fingerprint density at radius 3 is 2.39 bits per heavy atom. The number of H-pyrrole nitrogens is 1. The molecule has 4 nitrogen and oxygen atoms in total. The van der Waals surface area contributed by atoms with Crippen LogP contribution in [-0.4, -0.2) is 15.0 Å². The van der Waals surface area contributed by atoms with E-state index in [-0.39, 0.29) is 17.1 Å². The Balaban J connectivity index is 2.20. The normalized spacial score (nSPS) is 11.4. The molecule has 7 heteroatoms. The average Bonchev–Trinajstić information content (AvgIpc) is 2.54. The van der Waals surface area contributed by atoms with E-state index in [1.54, 1.807) is 12.1 Å². The van der Waals surface area contributed by atoms with Gasteiger partial charge in [0.2, 0.25) is 0 Å². The molecule has 0 aliphatic heterocycles. The van der Waals surface area contributed by atoms with E-state index in [9.17, 15) is 18.0 Å². The Bertz CT molecular complexity index is 889. The highest BCUT2D eigenvalue weighted by Crippen LogP contribution is 2.35. The number of rotatable bonds is 2. The van der Waals surface area contributed by atoms with Gasteiger partial charge in [0.05, 0.1) is 11.3 Å². The molecular formula is C16H10F3N3O. The zero-order valence-electron chi connectivity index (χ0n) is 11.6. The molecule has 0 aliphatic rings. The molecule has 3 aromatic rings. The van der Waals surface area contributed by atoms with Crippen LogP contribution in [0.5, 0.6) is 0 Å². The fourth-order valence-electron chi connectivity index (χ4n) is 2.19. The summed E-state index contributed by atoms with van der Waals surface area (Å²) < 4.78 is 39.4. The summed E-state index contributed by atoms with van der Waals surface area (Å²) in [5.74, 6) is -0.128. The van der Waals surface area contributed by atoms with Crippen LogP contribution in [0, 0.1) is 0 Å². The van der Waals surface area contributed by atoms with Crippen molar-refractivity contribution in [1.82, 2.24) is 15.0 Å². The molecule has 2 heterocycles. The third-order valence-corrected chi connectivity index (χ3v) is 3.21. The molecule has 0 aliphatic carbocycles. The van der Waals surface area contributed by atoms with Gasteiger partial charge in [-0.2, -0.15) is 13.2 Å². The van der Waals surface area contributed by atoms with Crippen molar-refractivity contribution >= 4 is 0 Å². The quantitative estimate of drug-likeness (QED) is 0.787. The van der Waals surface area contributed by atoms with Crippen LogP contribution in [0.3, 0.4) is 0 Å². The van der Waals surface area contributed by atoms with Crippen molar-refractivity contribution in [2.45, 2.75) is 6.18 Å². The van der Waals surface area contributed by atoms with E-state index in [2.05, 4.69) is 15.0 Å². The van der Waals surface area contributed by atoms with Crippen molar-refractivity contribution in [3.05, 3.63) is 70.8 Å². The van der Waals surface area contributed by atoms with Gasteiger partial charge in [-0.05, 0) is 18.2 Å². The molecule has 0 fully saturated rings. The number of alkyl halides is 3. The molecule has 0 atom stereocenters. The van der Waals surface area contributed by atoms with Crippen molar-refractivity contribution in [2.75, 3.05) is 0 Å². The van der Waals surface area contributed by atoms with Crippen LogP contribution in [0.2, 0.25) is 0 Å². The second kappa shape index (κ2) is 5.68. The molecule has 0 amide bonds. The second-order valence-electron chi connectivity index (χ2n) is 4.76. The average molecular weight is 317 g/mol. The predicted molar refractivity (Wildman–Crippen MR) is 78.5 cm³/mol. The second-order valence-corrected chi connectivity index (χ2v) is 4.76. The lowest BCUT2D eigenvalue weighted by Gasteiger charge is -2.12. The molecular weight excluding hydrogens is 307 g/mol. The van der Waals surface area contributed by atoms with Crippen molar-refractivity contribution in [3.8, 4) is 22.6 Å². The standard InChI is InChI=1S/C16H10F3N3O/c17-16(18,19)12-4-2-1-3-11(12)15-21-13(9-14(23)22-15)10-5-7-20-8-6-10/h1-9H,(H,21,22,23). The lowest BCUT2D eigenvalue weighted by atomic mass is 10.1. The third-order valence-electron chi connectivity index (χ3n) is 3.21. The zero-order valence-corrected chi connectivity index (χ0v) is 11.6. The van der Waals surface area contributed by atoms with E-state index >= 15 is 0 Å². The summed E-state index contributed by atoms with van der Waals surface area (Å²) >= 11 is 0. The number of pyridine rings is 1. The van der Waals surface area contributed by atoms with Crippen molar-refractivity contribution < 1.29 is 13.2 Å². The lowest BCUT2D eigenvalue weighted by molar-refractivity contribution is -0.137. The predicted octanol–water partition coefficient (Wildman–Crippen LogP) is 3.52. The van der Waals surface area contributed by atoms with E-state index in [1.165, 1.54) is 36.7 Å². The maximum Gasteiger partial charge on any atom is 0.417 e. The number of aromatic amines is 1. The van der Waals surface area contributed by atoms with Crippen LogP contribution in [0.15, 0.2) is 59.7 Å². The molecule has 2 aromatic heterocycles. The van der Waals surface area contributed by atoms with Gasteiger partial charge in [-0.1, -0.05) is 18.2 Å². The van der Waals surface area contributed by atoms with Crippen LogP contribution >= 0.6 is 0 Å². The van der Waals surface area contributed by atoms with Crippen LogP contribution < -0.4 is 5.56 Å². The minimum absolute atomic E-state index is 0.128. The maximum absolute atomic E-state index is 13.1. The zero-order chi connectivity index (χ0) is 16.4. The summed E-state index contributed by atoms with van der Waals surface area (Å²) in [6.45, 7) is 0. The highest BCUT2D eigenvalue weighted by Gasteiger charge is 2.34. The minimum Gasteiger partial charge on any atom is -0.306 e. The largest absolute Gasteiger partial charge is 0.417 e. The fourth-order valence-corrected chi connectivity index (χ4v) is 2.19. The summed E-state index contributed by atoms with van der Waals surface area (Å²) in [5, 5.41) is 0. The van der Waals surface area contributed by atoms with Crippen molar-refractivity contribution in [1.29, 1.82) is 0 Å². The summed E-state index contributed by atoms with van der Waals surface area (Å²) in [6, 6.07) is 9.46. The Labute approximate surface area is 128 Å². The maximum atomic E-state index is 13.1. The Morgan fingerprint density at radius 1 is 1.00 bits per heavy atom.